The van der Waals surface area contributed by atoms with Gasteiger partial charge in [-0.05, 0) is 28.3 Å². The molecule has 1 heterocycles. The summed E-state index contributed by atoms with van der Waals surface area (Å²) in [5.41, 5.74) is 4.85. The minimum absolute atomic E-state index is 0.0156. The Morgan fingerprint density at radius 3 is 2.39 bits per heavy atom. The van der Waals surface area contributed by atoms with E-state index >= 15 is 0 Å². The number of alkyl carbamates (subject to hydrolysis) is 1. The Labute approximate surface area is 183 Å². The van der Waals surface area contributed by atoms with Gasteiger partial charge in [0.2, 0.25) is 0 Å². The Balaban J connectivity index is 1.36. The fourth-order valence-corrected chi connectivity index (χ4v) is 3.71. The second-order valence-corrected chi connectivity index (χ2v) is 7.21. The molecule has 1 aliphatic carbocycles. The number of fused-ring (bicyclic) bond motifs is 3. The monoisotopic (exact) mass is 432 g/mol. The van der Waals surface area contributed by atoms with E-state index in [2.05, 4.69) is 46.4 Å². The number of carbonyl (C=O) groups excluding carboxylic acids is 1. The van der Waals surface area contributed by atoms with Crippen LogP contribution in [0.25, 0.3) is 11.1 Å². The lowest BCUT2D eigenvalue weighted by atomic mass is 9.98. The molecule has 0 unspecified atom stereocenters. The number of carbonyl (C=O) groups is 2. The molecule has 0 atom stereocenters. The lowest BCUT2D eigenvalue weighted by Gasteiger charge is -2.14. The Kier molecular flexibility index (Phi) is 5.87. The molecular formula is C24H17ClN2O4. The fourth-order valence-electron chi connectivity index (χ4n) is 3.56. The zero-order valence-electron chi connectivity index (χ0n) is 16.3. The zero-order chi connectivity index (χ0) is 21.8. The van der Waals surface area contributed by atoms with Crippen molar-refractivity contribution in [2.75, 3.05) is 13.2 Å². The average Bonchev–Trinajstić information content (AvgIpc) is 3.10. The van der Waals surface area contributed by atoms with E-state index in [0.717, 1.165) is 28.5 Å². The molecule has 0 spiro atoms. The lowest BCUT2D eigenvalue weighted by Crippen LogP contribution is -2.26. The summed E-state index contributed by atoms with van der Waals surface area (Å²) in [4.78, 5) is 26.9. The number of rotatable bonds is 4. The van der Waals surface area contributed by atoms with Crippen molar-refractivity contribution in [1.29, 1.82) is 0 Å². The first kappa shape index (κ1) is 20.5. The summed E-state index contributed by atoms with van der Waals surface area (Å²) >= 11 is 5.93. The van der Waals surface area contributed by atoms with E-state index in [-0.39, 0.29) is 35.3 Å². The van der Waals surface area contributed by atoms with Crippen LogP contribution < -0.4 is 5.32 Å². The molecule has 0 radical (unpaired) electrons. The highest BCUT2D eigenvalue weighted by Crippen LogP contribution is 2.44. The minimum atomic E-state index is -1.12. The number of benzene rings is 2. The molecule has 1 aromatic heterocycles. The van der Waals surface area contributed by atoms with Crippen molar-refractivity contribution < 1.29 is 19.4 Å². The van der Waals surface area contributed by atoms with Gasteiger partial charge in [0, 0.05) is 12.1 Å². The van der Waals surface area contributed by atoms with E-state index in [1.807, 2.05) is 24.3 Å². The highest BCUT2D eigenvalue weighted by Gasteiger charge is 2.28. The van der Waals surface area contributed by atoms with Gasteiger partial charge in [-0.3, -0.25) is 0 Å². The predicted octanol–water partition coefficient (Wildman–Crippen LogP) is 4.32. The van der Waals surface area contributed by atoms with Gasteiger partial charge < -0.3 is 15.2 Å². The highest BCUT2D eigenvalue weighted by atomic mass is 35.5. The molecule has 0 aliphatic heterocycles. The molecule has 2 aromatic carbocycles. The highest BCUT2D eigenvalue weighted by molar-refractivity contribution is 6.30. The van der Waals surface area contributed by atoms with E-state index < -0.39 is 12.1 Å². The Morgan fingerprint density at radius 1 is 1.10 bits per heavy atom. The number of ether oxygens (including phenoxy) is 1. The van der Waals surface area contributed by atoms with Crippen LogP contribution in [0.15, 0.2) is 60.8 Å². The van der Waals surface area contributed by atoms with Gasteiger partial charge in [0.05, 0.1) is 17.7 Å². The maximum atomic E-state index is 12.1. The summed E-state index contributed by atoms with van der Waals surface area (Å²) in [5, 5.41) is 11.7. The van der Waals surface area contributed by atoms with E-state index in [0.29, 0.717) is 0 Å². The smallest absolute Gasteiger partial charge is 0.407 e. The predicted molar refractivity (Wildman–Crippen MR) is 116 cm³/mol. The molecule has 0 fully saturated rings. The van der Waals surface area contributed by atoms with Crippen molar-refractivity contribution in [1.82, 2.24) is 10.3 Å². The number of carboxylic acids is 1. The van der Waals surface area contributed by atoms with Gasteiger partial charge in [-0.25, -0.2) is 14.6 Å². The molecule has 3 aromatic rings. The second kappa shape index (κ2) is 8.90. The van der Waals surface area contributed by atoms with Crippen LogP contribution >= 0.6 is 11.6 Å². The largest absolute Gasteiger partial charge is 0.478 e. The van der Waals surface area contributed by atoms with Crippen LogP contribution in [0.4, 0.5) is 4.79 Å². The number of aromatic carboxylic acids is 1. The molecule has 1 amide bonds. The minimum Gasteiger partial charge on any atom is -0.478 e. The van der Waals surface area contributed by atoms with Gasteiger partial charge >= 0.3 is 12.1 Å². The first-order valence-corrected chi connectivity index (χ1v) is 9.89. The molecule has 2 N–H and O–H groups in total. The van der Waals surface area contributed by atoms with Crippen LogP contribution in [0, 0.1) is 11.8 Å². The van der Waals surface area contributed by atoms with Crippen molar-refractivity contribution >= 4 is 23.7 Å². The van der Waals surface area contributed by atoms with E-state index in [1.165, 1.54) is 6.07 Å². The summed E-state index contributed by atoms with van der Waals surface area (Å²) in [6.45, 7) is 0.230. The number of aromatic nitrogens is 1. The number of nitrogens with zero attached hydrogens (tertiary/aromatic N) is 1. The topological polar surface area (TPSA) is 88.5 Å². The Morgan fingerprint density at radius 2 is 1.74 bits per heavy atom. The van der Waals surface area contributed by atoms with Gasteiger partial charge in [-0.15, -0.1) is 0 Å². The molecule has 31 heavy (non-hydrogen) atoms. The molecule has 4 rings (SSSR count). The maximum absolute atomic E-state index is 12.1. The van der Waals surface area contributed by atoms with Gasteiger partial charge in [0.25, 0.3) is 0 Å². The average molecular weight is 433 g/mol. The number of carboxylic acid groups (broad SMARTS) is 1. The van der Waals surface area contributed by atoms with Crippen molar-refractivity contribution in [3.05, 3.63) is 88.2 Å². The number of pyridine rings is 1. The van der Waals surface area contributed by atoms with Crippen LogP contribution in [0.5, 0.6) is 0 Å². The first-order chi connectivity index (χ1) is 15.0. The number of nitrogens with one attached hydrogen (secondary N) is 1. The number of hydrogen-bond donors (Lipinski definition) is 2. The molecule has 7 heteroatoms. The Hall–Kier alpha value is -3.82. The SMILES string of the molecule is O=C(NCC#Cc1cc(C(=O)O)cnc1Cl)OCC1c2ccccc2-c2ccccc21. The van der Waals surface area contributed by atoms with E-state index in [1.54, 1.807) is 0 Å². The molecule has 154 valence electrons. The third-order valence-electron chi connectivity index (χ3n) is 4.97. The molecular weight excluding hydrogens is 416 g/mol. The molecule has 1 aliphatic rings. The van der Waals surface area contributed by atoms with Gasteiger partial charge in [-0.1, -0.05) is 72.0 Å². The third-order valence-corrected chi connectivity index (χ3v) is 5.28. The summed E-state index contributed by atoms with van der Waals surface area (Å²) < 4.78 is 5.43. The summed E-state index contributed by atoms with van der Waals surface area (Å²) in [7, 11) is 0. The number of amides is 1. The fraction of sp³-hybridized carbons (Fsp3) is 0.125. The van der Waals surface area contributed by atoms with Crippen LogP contribution in [-0.2, 0) is 4.74 Å². The summed E-state index contributed by atoms with van der Waals surface area (Å²) in [6.07, 6.45) is 0.574. The van der Waals surface area contributed by atoms with E-state index in [9.17, 15) is 9.59 Å². The quantitative estimate of drug-likeness (QED) is 0.473. The van der Waals surface area contributed by atoms with Gasteiger partial charge in [0.15, 0.2) is 0 Å². The van der Waals surface area contributed by atoms with Crippen molar-refractivity contribution in [3.63, 3.8) is 0 Å². The van der Waals surface area contributed by atoms with Crippen LogP contribution in [-0.4, -0.2) is 35.3 Å². The Bertz CT molecular complexity index is 1180. The van der Waals surface area contributed by atoms with Crippen molar-refractivity contribution in [2.45, 2.75) is 5.92 Å². The van der Waals surface area contributed by atoms with Gasteiger partial charge in [0.1, 0.15) is 11.8 Å². The molecule has 0 bridgehead atoms. The van der Waals surface area contributed by atoms with Crippen LogP contribution in [0.1, 0.15) is 33.0 Å². The summed E-state index contributed by atoms with van der Waals surface area (Å²) in [6, 6.07) is 17.5. The van der Waals surface area contributed by atoms with E-state index in [4.69, 9.17) is 21.4 Å². The third kappa shape index (κ3) is 4.37. The zero-order valence-corrected chi connectivity index (χ0v) is 17.0. The normalized spacial score (nSPS) is 11.6. The molecule has 6 nitrogen and oxygen atoms in total. The maximum Gasteiger partial charge on any atom is 0.407 e. The number of halogens is 1. The van der Waals surface area contributed by atoms with Crippen LogP contribution in [0.3, 0.4) is 0 Å². The number of hydrogen-bond acceptors (Lipinski definition) is 4. The van der Waals surface area contributed by atoms with Crippen LogP contribution in [0.2, 0.25) is 5.15 Å². The second-order valence-electron chi connectivity index (χ2n) is 6.85. The van der Waals surface area contributed by atoms with Gasteiger partial charge in [-0.2, -0.15) is 0 Å². The van der Waals surface area contributed by atoms with Crippen molar-refractivity contribution in [2.24, 2.45) is 0 Å². The van der Waals surface area contributed by atoms with Crippen molar-refractivity contribution in [3.8, 4) is 23.0 Å². The molecule has 0 saturated heterocycles. The molecule has 0 saturated carbocycles. The standard InChI is InChI=1S/C24H17ClN2O4/c25-22-15(12-16(13-27-22)23(28)29)6-5-11-26-24(30)31-14-21-19-9-3-1-7-17(19)18-8-2-4-10-20(18)21/h1-4,7-10,12-13,21H,11,14H2,(H,26,30)(H,28,29). The summed E-state index contributed by atoms with van der Waals surface area (Å²) in [5.74, 6) is 4.29. The first-order valence-electron chi connectivity index (χ1n) is 9.51. The lowest BCUT2D eigenvalue weighted by molar-refractivity contribution is 0.0696.